The Morgan fingerprint density at radius 3 is 2.52 bits per heavy atom. The fraction of sp³-hybridized carbons (Fsp3) is 0.625. The first-order valence-corrected chi connectivity index (χ1v) is 9.38. The molecule has 5 heteroatoms. The lowest BCUT2D eigenvalue weighted by Crippen LogP contribution is -2.30. The molecule has 1 atom stereocenters. The lowest BCUT2D eigenvalue weighted by molar-refractivity contribution is 0.328. The van der Waals surface area contributed by atoms with Gasteiger partial charge in [0.15, 0.2) is 0 Å². The van der Waals surface area contributed by atoms with Gasteiger partial charge in [-0.05, 0) is 37.8 Å². The van der Waals surface area contributed by atoms with Gasteiger partial charge in [-0.15, -0.1) is 0 Å². The van der Waals surface area contributed by atoms with Crippen molar-refractivity contribution in [1.82, 2.24) is 4.72 Å². The van der Waals surface area contributed by atoms with E-state index in [2.05, 4.69) is 17.0 Å². The fourth-order valence-electron chi connectivity index (χ4n) is 3.09. The zero-order valence-corrected chi connectivity index (χ0v) is 13.7. The number of benzene rings is 1. The first kappa shape index (κ1) is 16.3. The van der Waals surface area contributed by atoms with Crippen molar-refractivity contribution >= 4 is 15.7 Å². The van der Waals surface area contributed by atoms with Crippen molar-refractivity contribution in [1.29, 1.82) is 0 Å². The summed E-state index contributed by atoms with van der Waals surface area (Å²) < 4.78 is 27.1. The number of hydrogen-bond acceptors (Lipinski definition) is 3. The molecule has 1 aliphatic rings. The standard InChI is InChI=1S/C16H26N2O2S/c1-3-17-21(19,20)16-12-8-7-11-15(16)18-13(2)14-9-5-4-6-10-14/h7-8,11-14,17-18H,3-6,9-10H2,1-2H3. The van der Waals surface area contributed by atoms with Crippen LogP contribution in [0, 0.1) is 5.92 Å². The van der Waals surface area contributed by atoms with E-state index >= 15 is 0 Å². The van der Waals surface area contributed by atoms with Crippen molar-refractivity contribution < 1.29 is 8.42 Å². The Kier molecular flexibility index (Phi) is 5.65. The first-order valence-electron chi connectivity index (χ1n) is 7.90. The molecule has 118 valence electrons. The first-order chi connectivity index (χ1) is 10.0. The number of sulfonamides is 1. The topological polar surface area (TPSA) is 58.2 Å². The van der Waals surface area contributed by atoms with Crippen molar-refractivity contribution in [2.24, 2.45) is 5.92 Å². The van der Waals surface area contributed by atoms with Gasteiger partial charge >= 0.3 is 0 Å². The van der Waals surface area contributed by atoms with Gasteiger partial charge < -0.3 is 5.32 Å². The highest BCUT2D eigenvalue weighted by Gasteiger charge is 2.23. The summed E-state index contributed by atoms with van der Waals surface area (Å²) in [5, 5.41) is 3.43. The third kappa shape index (κ3) is 4.20. The van der Waals surface area contributed by atoms with Gasteiger partial charge in [0.05, 0.1) is 5.69 Å². The molecule has 0 spiro atoms. The summed E-state index contributed by atoms with van der Waals surface area (Å²) in [4.78, 5) is 0.342. The van der Waals surface area contributed by atoms with Gasteiger partial charge in [0, 0.05) is 12.6 Å². The molecule has 1 aromatic carbocycles. The van der Waals surface area contributed by atoms with E-state index in [9.17, 15) is 8.42 Å². The Morgan fingerprint density at radius 1 is 1.19 bits per heavy atom. The fourth-order valence-corrected chi connectivity index (χ4v) is 4.30. The summed E-state index contributed by atoms with van der Waals surface area (Å²) in [6, 6.07) is 7.45. The molecule has 0 bridgehead atoms. The number of rotatable bonds is 6. The maximum absolute atomic E-state index is 12.3. The Hall–Kier alpha value is -1.07. The molecular formula is C16H26N2O2S. The van der Waals surface area contributed by atoms with Gasteiger partial charge in [0.25, 0.3) is 0 Å². The van der Waals surface area contributed by atoms with Crippen LogP contribution in [-0.2, 0) is 10.0 Å². The monoisotopic (exact) mass is 310 g/mol. The van der Waals surface area contributed by atoms with Crippen LogP contribution < -0.4 is 10.0 Å². The van der Waals surface area contributed by atoms with Crippen LogP contribution >= 0.6 is 0 Å². The van der Waals surface area contributed by atoms with Crippen LogP contribution in [0.3, 0.4) is 0 Å². The SMILES string of the molecule is CCNS(=O)(=O)c1ccccc1NC(C)C1CCCCC1. The summed E-state index contributed by atoms with van der Waals surface area (Å²) in [6.07, 6.45) is 6.36. The Labute approximate surface area is 128 Å². The predicted molar refractivity (Wildman–Crippen MR) is 87.0 cm³/mol. The van der Waals surface area contributed by atoms with Gasteiger partial charge in [0.2, 0.25) is 10.0 Å². The zero-order valence-electron chi connectivity index (χ0n) is 12.9. The zero-order chi connectivity index (χ0) is 15.3. The van der Waals surface area contributed by atoms with Crippen LogP contribution in [0.15, 0.2) is 29.2 Å². The van der Waals surface area contributed by atoms with Crippen LogP contribution in [0.4, 0.5) is 5.69 Å². The maximum atomic E-state index is 12.3. The van der Waals surface area contributed by atoms with E-state index < -0.39 is 10.0 Å². The summed E-state index contributed by atoms with van der Waals surface area (Å²) in [6.45, 7) is 4.35. The van der Waals surface area contributed by atoms with Gasteiger partial charge in [0.1, 0.15) is 4.90 Å². The quantitative estimate of drug-likeness (QED) is 0.847. The van der Waals surface area contributed by atoms with Gasteiger partial charge in [-0.3, -0.25) is 0 Å². The van der Waals surface area contributed by atoms with Crippen LogP contribution in [0.5, 0.6) is 0 Å². The third-order valence-corrected chi connectivity index (χ3v) is 5.85. The van der Waals surface area contributed by atoms with E-state index in [-0.39, 0.29) is 0 Å². The second-order valence-corrected chi connectivity index (χ2v) is 7.56. The maximum Gasteiger partial charge on any atom is 0.242 e. The molecule has 21 heavy (non-hydrogen) atoms. The molecule has 0 aliphatic heterocycles. The van der Waals surface area contributed by atoms with Crippen LogP contribution in [-0.4, -0.2) is 21.0 Å². The minimum atomic E-state index is -3.43. The van der Waals surface area contributed by atoms with E-state index in [1.165, 1.54) is 32.1 Å². The molecule has 4 nitrogen and oxygen atoms in total. The largest absolute Gasteiger partial charge is 0.381 e. The van der Waals surface area contributed by atoms with Crippen molar-refractivity contribution in [2.75, 3.05) is 11.9 Å². The lowest BCUT2D eigenvalue weighted by atomic mass is 9.84. The summed E-state index contributed by atoms with van der Waals surface area (Å²) in [7, 11) is -3.43. The van der Waals surface area contributed by atoms with Gasteiger partial charge in [-0.2, -0.15) is 0 Å². The molecule has 0 aromatic heterocycles. The second kappa shape index (κ2) is 7.27. The van der Waals surface area contributed by atoms with Crippen molar-refractivity contribution in [3.8, 4) is 0 Å². The van der Waals surface area contributed by atoms with E-state index in [1.54, 1.807) is 19.1 Å². The predicted octanol–water partition coefficient (Wildman–Crippen LogP) is 3.37. The van der Waals surface area contributed by atoms with E-state index in [4.69, 9.17) is 0 Å². The molecule has 1 unspecified atom stereocenters. The molecule has 2 rings (SSSR count). The molecule has 1 aliphatic carbocycles. The molecule has 0 radical (unpaired) electrons. The second-order valence-electron chi connectivity index (χ2n) is 5.83. The normalized spacial score (nSPS) is 18.4. The summed E-state index contributed by atoms with van der Waals surface area (Å²) in [5.74, 6) is 0.633. The highest BCUT2D eigenvalue weighted by atomic mass is 32.2. The highest BCUT2D eigenvalue weighted by molar-refractivity contribution is 7.89. The van der Waals surface area contributed by atoms with Crippen molar-refractivity contribution in [3.63, 3.8) is 0 Å². The molecule has 0 amide bonds. The summed E-state index contributed by atoms with van der Waals surface area (Å²) in [5.41, 5.74) is 0.705. The molecule has 1 aromatic rings. The smallest absolute Gasteiger partial charge is 0.242 e. The highest BCUT2D eigenvalue weighted by Crippen LogP contribution is 2.29. The third-order valence-electron chi connectivity index (χ3n) is 4.25. The van der Waals surface area contributed by atoms with Crippen molar-refractivity contribution in [3.05, 3.63) is 24.3 Å². The molecule has 2 N–H and O–H groups in total. The molecule has 1 fully saturated rings. The lowest BCUT2D eigenvalue weighted by Gasteiger charge is -2.29. The Morgan fingerprint density at radius 2 is 1.86 bits per heavy atom. The van der Waals surface area contributed by atoms with E-state index in [1.807, 2.05) is 12.1 Å². The average Bonchev–Trinajstić information content (AvgIpc) is 2.48. The van der Waals surface area contributed by atoms with E-state index in [0.29, 0.717) is 29.1 Å². The molecule has 0 saturated heterocycles. The Balaban J connectivity index is 2.16. The summed E-state index contributed by atoms with van der Waals surface area (Å²) >= 11 is 0. The van der Waals surface area contributed by atoms with Crippen molar-refractivity contribution in [2.45, 2.75) is 56.9 Å². The Bertz CT molecular complexity index is 551. The average molecular weight is 310 g/mol. The van der Waals surface area contributed by atoms with Crippen LogP contribution in [0.1, 0.15) is 46.0 Å². The van der Waals surface area contributed by atoms with E-state index in [0.717, 1.165) is 0 Å². The number of para-hydroxylation sites is 1. The van der Waals surface area contributed by atoms with Gasteiger partial charge in [-0.1, -0.05) is 38.3 Å². The number of anilines is 1. The minimum absolute atomic E-state index is 0.295. The minimum Gasteiger partial charge on any atom is -0.381 e. The van der Waals surface area contributed by atoms with Crippen LogP contribution in [0.25, 0.3) is 0 Å². The molecule has 1 saturated carbocycles. The number of nitrogens with one attached hydrogen (secondary N) is 2. The molecule has 0 heterocycles. The number of hydrogen-bond donors (Lipinski definition) is 2. The van der Waals surface area contributed by atoms with Gasteiger partial charge in [-0.25, -0.2) is 13.1 Å². The molecular weight excluding hydrogens is 284 g/mol. The van der Waals surface area contributed by atoms with Crippen LogP contribution in [0.2, 0.25) is 0 Å².